The Hall–Kier alpha value is -1.96. The molecule has 0 unspecified atom stereocenters. The van der Waals surface area contributed by atoms with Crippen LogP contribution in [0, 0.1) is 11.6 Å². The number of hydrogen-bond donors (Lipinski definition) is 1. The van der Waals surface area contributed by atoms with E-state index in [2.05, 4.69) is 10.2 Å². The summed E-state index contributed by atoms with van der Waals surface area (Å²) in [6, 6.07) is 2.96. The van der Waals surface area contributed by atoms with Crippen LogP contribution in [0.15, 0.2) is 28.2 Å². The summed E-state index contributed by atoms with van der Waals surface area (Å²) in [6.07, 6.45) is 1.82. The van der Waals surface area contributed by atoms with Gasteiger partial charge in [-0.05, 0) is 25.0 Å². The lowest BCUT2D eigenvalue weighted by Crippen LogP contribution is -2.16. The Kier molecular flexibility index (Phi) is 3.62. The highest BCUT2D eigenvalue weighted by Crippen LogP contribution is 2.36. The minimum Gasteiger partial charge on any atom is -0.293 e. The predicted octanol–water partition coefficient (Wildman–Crippen LogP) is 2.16. The molecule has 0 radical (unpaired) electrons. The number of ketones is 1. The second kappa shape index (κ2) is 5.44. The van der Waals surface area contributed by atoms with Crippen molar-refractivity contribution in [1.29, 1.82) is 0 Å². The van der Waals surface area contributed by atoms with E-state index in [0.29, 0.717) is 11.2 Å². The first-order valence-electron chi connectivity index (χ1n) is 6.34. The molecule has 110 valence electrons. The number of Topliss-reactive ketones (excluding diaryl/α,β-unsaturated/α-hetero) is 1. The third kappa shape index (κ3) is 2.90. The van der Waals surface area contributed by atoms with Gasteiger partial charge in [0.2, 0.25) is 0 Å². The van der Waals surface area contributed by atoms with Gasteiger partial charge in [0, 0.05) is 12.1 Å². The molecular formula is C13H11F2N3O2S. The lowest BCUT2D eigenvalue weighted by atomic mass is 10.1. The fourth-order valence-corrected chi connectivity index (χ4v) is 2.87. The molecule has 8 heteroatoms. The molecule has 1 aromatic carbocycles. The van der Waals surface area contributed by atoms with E-state index in [1.807, 2.05) is 0 Å². The summed E-state index contributed by atoms with van der Waals surface area (Å²) in [4.78, 5) is 23.5. The van der Waals surface area contributed by atoms with E-state index in [9.17, 15) is 18.4 Å². The van der Waals surface area contributed by atoms with E-state index in [-0.39, 0.29) is 23.0 Å². The topological polar surface area (TPSA) is 67.8 Å². The maximum Gasteiger partial charge on any atom is 0.344 e. The molecule has 0 aliphatic heterocycles. The largest absolute Gasteiger partial charge is 0.344 e. The van der Waals surface area contributed by atoms with Crippen LogP contribution in [0.3, 0.4) is 0 Å². The van der Waals surface area contributed by atoms with Gasteiger partial charge in [0.05, 0.1) is 11.3 Å². The standard InChI is InChI=1S/C13H11F2N3O2S/c14-7-1-4-9(10(15)5-7)11(19)6-21-13-17-16-12(20)18(13)8-2-3-8/h1,4-5,8H,2-3,6H2,(H,16,20). The molecule has 0 bridgehead atoms. The molecule has 0 atom stereocenters. The summed E-state index contributed by atoms with van der Waals surface area (Å²) >= 11 is 1.06. The number of halogens is 2. The summed E-state index contributed by atoms with van der Waals surface area (Å²) in [5.74, 6) is -2.16. The van der Waals surface area contributed by atoms with Crippen molar-refractivity contribution in [3.8, 4) is 0 Å². The normalized spacial score (nSPS) is 14.4. The number of hydrogen-bond acceptors (Lipinski definition) is 4. The van der Waals surface area contributed by atoms with Crippen molar-refractivity contribution in [2.45, 2.75) is 24.0 Å². The zero-order valence-corrected chi connectivity index (χ0v) is 11.6. The highest BCUT2D eigenvalue weighted by molar-refractivity contribution is 7.99. The van der Waals surface area contributed by atoms with Crippen LogP contribution in [0.5, 0.6) is 0 Å². The van der Waals surface area contributed by atoms with E-state index in [4.69, 9.17) is 0 Å². The summed E-state index contributed by atoms with van der Waals surface area (Å²) < 4.78 is 27.8. The first-order chi connectivity index (χ1) is 10.1. The lowest BCUT2D eigenvalue weighted by molar-refractivity contribution is 0.101. The minimum atomic E-state index is -0.887. The van der Waals surface area contributed by atoms with Crippen LogP contribution in [0.4, 0.5) is 8.78 Å². The SMILES string of the molecule is O=C(CSc1n[nH]c(=O)n1C1CC1)c1ccc(F)cc1F. The first-order valence-corrected chi connectivity index (χ1v) is 7.33. The third-order valence-corrected chi connectivity index (χ3v) is 4.10. The number of aromatic amines is 1. The Labute approximate surface area is 122 Å². The number of rotatable bonds is 5. The van der Waals surface area contributed by atoms with E-state index in [0.717, 1.165) is 36.7 Å². The van der Waals surface area contributed by atoms with Crippen LogP contribution >= 0.6 is 11.8 Å². The van der Waals surface area contributed by atoms with Crippen LogP contribution in [0.1, 0.15) is 29.2 Å². The van der Waals surface area contributed by atoms with Gasteiger partial charge in [-0.2, -0.15) is 0 Å². The number of H-pyrrole nitrogens is 1. The summed E-state index contributed by atoms with van der Waals surface area (Å²) in [5.41, 5.74) is -0.472. The number of carbonyl (C=O) groups is 1. The van der Waals surface area contributed by atoms with Crippen molar-refractivity contribution in [2.75, 3.05) is 5.75 Å². The maximum atomic E-state index is 13.5. The number of nitrogens with one attached hydrogen (secondary N) is 1. The molecular weight excluding hydrogens is 300 g/mol. The van der Waals surface area contributed by atoms with Gasteiger partial charge in [-0.3, -0.25) is 9.36 Å². The van der Waals surface area contributed by atoms with E-state index in [1.54, 1.807) is 0 Å². The van der Waals surface area contributed by atoms with Gasteiger partial charge in [0.1, 0.15) is 11.6 Å². The smallest absolute Gasteiger partial charge is 0.293 e. The molecule has 0 amide bonds. The van der Waals surface area contributed by atoms with Gasteiger partial charge in [0.25, 0.3) is 0 Å². The van der Waals surface area contributed by atoms with Crippen molar-refractivity contribution >= 4 is 17.5 Å². The monoisotopic (exact) mass is 311 g/mol. The highest BCUT2D eigenvalue weighted by Gasteiger charge is 2.28. The fourth-order valence-electron chi connectivity index (χ4n) is 1.97. The second-order valence-electron chi connectivity index (χ2n) is 4.75. The molecule has 0 spiro atoms. The van der Waals surface area contributed by atoms with Crippen LogP contribution in [-0.4, -0.2) is 26.3 Å². The van der Waals surface area contributed by atoms with E-state index >= 15 is 0 Å². The van der Waals surface area contributed by atoms with E-state index in [1.165, 1.54) is 4.57 Å². The highest BCUT2D eigenvalue weighted by atomic mass is 32.2. The zero-order valence-electron chi connectivity index (χ0n) is 10.8. The molecule has 5 nitrogen and oxygen atoms in total. The molecule has 21 heavy (non-hydrogen) atoms. The molecule has 1 aliphatic carbocycles. The molecule has 1 N–H and O–H groups in total. The summed E-state index contributed by atoms with van der Waals surface area (Å²) in [7, 11) is 0. The van der Waals surface area contributed by atoms with Gasteiger partial charge in [-0.15, -0.1) is 5.10 Å². The van der Waals surface area contributed by atoms with Gasteiger partial charge in [-0.1, -0.05) is 11.8 Å². The Bertz CT molecular complexity index is 752. The average Bonchev–Trinajstić information content (AvgIpc) is 3.20. The van der Waals surface area contributed by atoms with Crippen molar-refractivity contribution in [1.82, 2.24) is 14.8 Å². The maximum absolute atomic E-state index is 13.5. The number of carbonyl (C=O) groups excluding carboxylic acids is 1. The molecule has 1 aliphatic rings. The molecule has 1 heterocycles. The fraction of sp³-hybridized carbons (Fsp3) is 0.308. The van der Waals surface area contributed by atoms with Crippen LogP contribution < -0.4 is 5.69 Å². The summed E-state index contributed by atoms with van der Waals surface area (Å²) in [6.45, 7) is 0. The summed E-state index contributed by atoms with van der Waals surface area (Å²) in [5, 5.41) is 6.62. The number of benzene rings is 1. The Morgan fingerprint density at radius 2 is 2.19 bits per heavy atom. The van der Waals surface area contributed by atoms with Crippen LogP contribution in [-0.2, 0) is 0 Å². The molecule has 1 saturated carbocycles. The minimum absolute atomic E-state index is 0.0699. The lowest BCUT2D eigenvalue weighted by Gasteiger charge is -2.04. The molecule has 2 aromatic rings. The Morgan fingerprint density at radius 3 is 2.86 bits per heavy atom. The second-order valence-corrected chi connectivity index (χ2v) is 5.69. The quantitative estimate of drug-likeness (QED) is 0.679. The van der Waals surface area contributed by atoms with Gasteiger partial charge >= 0.3 is 5.69 Å². The predicted molar refractivity (Wildman–Crippen MR) is 72.5 cm³/mol. The Balaban J connectivity index is 1.73. The van der Waals surface area contributed by atoms with E-state index < -0.39 is 17.4 Å². The third-order valence-electron chi connectivity index (χ3n) is 3.15. The van der Waals surface area contributed by atoms with Crippen LogP contribution in [0.25, 0.3) is 0 Å². The van der Waals surface area contributed by atoms with Crippen molar-refractivity contribution in [3.63, 3.8) is 0 Å². The molecule has 1 fully saturated rings. The number of nitrogens with zero attached hydrogens (tertiary/aromatic N) is 2. The molecule has 0 saturated heterocycles. The molecule has 3 rings (SSSR count). The number of thioether (sulfide) groups is 1. The average molecular weight is 311 g/mol. The Morgan fingerprint density at radius 1 is 1.43 bits per heavy atom. The van der Waals surface area contributed by atoms with Crippen LogP contribution in [0.2, 0.25) is 0 Å². The zero-order chi connectivity index (χ0) is 15.0. The van der Waals surface area contributed by atoms with Gasteiger partial charge in [-0.25, -0.2) is 18.7 Å². The van der Waals surface area contributed by atoms with Crippen molar-refractivity contribution in [3.05, 3.63) is 45.9 Å². The van der Waals surface area contributed by atoms with Gasteiger partial charge in [0.15, 0.2) is 10.9 Å². The number of aromatic nitrogens is 3. The van der Waals surface area contributed by atoms with Crippen molar-refractivity contribution in [2.24, 2.45) is 0 Å². The van der Waals surface area contributed by atoms with Crippen molar-refractivity contribution < 1.29 is 13.6 Å². The molecule has 1 aromatic heterocycles. The van der Waals surface area contributed by atoms with Gasteiger partial charge < -0.3 is 0 Å². The first kappa shape index (κ1) is 14.0.